The molecule has 0 aliphatic carbocycles. The van der Waals surface area contributed by atoms with Gasteiger partial charge < -0.3 is 4.74 Å². The molecule has 3 aromatic rings. The lowest BCUT2D eigenvalue weighted by atomic mass is 9.93. The van der Waals surface area contributed by atoms with Crippen LogP contribution in [0.25, 0.3) is 0 Å². The van der Waals surface area contributed by atoms with E-state index in [1.165, 1.54) is 6.07 Å². The first-order chi connectivity index (χ1) is 15.1. The van der Waals surface area contributed by atoms with E-state index < -0.39 is 0 Å². The number of hydrogen-bond donors (Lipinski definition) is 0. The maximum absolute atomic E-state index is 13.9. The van der Waals surface area contributed by atoms with Crippen molar-refractivity contribution in [1.29, 1.82) is 5.26 Å². The van der Waals surface area contributed by atoms with Crippen molar-refractivity contribution >= 4 is 11.6 Å². The number of hydrogen-bond acceptors (Lipinski definition) is 5. The van der Waals surface area contributed by atoms with Gasteiger partial charge in [-0.1, -0.05) is 29.8 Å². The number of pyridine rings is 2. The monoisotopic (exact) mass is 436 g/mol. The second kappa shape index (κ2) is 9.86. The van der Waals surface area contributed by atoms with Gasteiger partial charge in [0, 0.05) is 34.8 Å². The van der Waals surface area contributed by atoms with Crippen molar-refractivity contribution in [2.24, 2.45) is 0 Å². The highest BCUT2D eigenvalue weighted by Crippen LogP contribution is 2.28. The molecule has 3 heterocycles. The summed E-state index contributed by atoms with van der Waals surface area (Å²) >= 11 is 5.80. The lowest BCUT2D eigenvalue weighted by Gasteiger charge is -2.31. The Morgan fingerprint density at radius 2 is 1.90 bits per heavy atom. The number of ether oxygens (including phenoxy) is 1. The number of nitrogens with zero attached hydrogens (tertiary/aromatic N) is 4. The van der Waals surface area contributed by atoms with E-state index in [1.807, 2.05) is 24.3 Å². The summed E-state index contributed by atoms with van der Waals surface area (Å²) in [4.78, 5) is 11.4. The molecule has 1 saturated heterocycles. The maximum atomic E-state index is 13.9. The minimum absolute atomic E-state index is 0.104. The molecular weight excluding hydrogens is 415 g/mol. The summed E-state index contributed by atoms with van der Waals surface area (Å²) < 4.78 is 19.7. The van der Waals surface area contributed by atoms with Crippen LogP contribution in [-0.2, 0) is 13.2 Å². The van der Waals surface area contributed by atoms with Crippen LogP contribution in [0.2, 0.25) is 5.02 Å². The average Bonchev–Trinajstić information content (AvgIpc) is 2.79. The molecule has 1 aliphatic rings. The van der Waals surface area contributed by atoms with Crippen LogP contribution in [0.5, 0.6) is 5.88 Å². The Bertz CT molecular complexity index is 1090. The minimum atomic E-state index is -0.383. The van der Waals surface area contributed by atoms with E-state index >= 15 is 0 Å². The summed E-state index contributed by atoms with van der Waals surface area (Å²) in [6.45, 7) is 2.72. The Hall–Kier alpha value is -3.01. The number of nitriles is 1. The Labute approximate surface area is 186 Å². The number of rotatable bonds is 6. The molecule has 1 aliphatic heterocycles. The van der Waals surface area contributed by atoms with Crippen LogP contribution in [-0.4, -0.2) is 28.0 Å². The van der Waals surface area contributed by atoms with E-state index in [2.05, 4.69) is 20.9 Å². The predicted molar refractivity (Wildman–Crippen MR) is 116 cm³/mol. The molecule has 0 amide bonds. The zero-order valence-corrected chi connectivity index (χ0v) is 17.7. The van der Waals surface area contributed by atoms with E-state index in [0.29, 0.717) is 28.1 Å². The first-order valence-corrected chi connectivity index (χ1v) is 10.6. The van der Waals surface area contributed by atoms with Gasteiger partial charge in [-0.05, 0) is 56.3 Å². The molecule has 0 N–H and O–H groups in total. The van der Waals surface area contributed by atoms with Crippen LogP contribution < -0.4 is 4.74 Å². The summed E-state index contributed by atoms with van der Waals surface area (Å²) in [7, 11) is 0. The van der Waals surface area contributed by atoms with Crippen LogP contribution in [0.15, 0.2) is 54.6 Å². The second-order valence-corrected chi connectivity index (χ2v) is 8.04. The zero-order valence-electron chi connectivity index (χ0n) is 17.0. The average molecular weight is 437 g/mol. The Kier molecular flexibility index (Phi) is 6.76. The van der Waals surface area contributed by atoms with E-state index in [0.717, 1.165) is 43.9 Å². The number of piperidine rings is 1. The predicted octanol–water partition coefficient (Wildman–Crippen LogP) is 5.10. The van der Waals surface area contributed by atoms with Gasteiger partial charge in [0.2, 0.25) is 5.88 Å². The van der Waals surface area contributed by atoms with Gasteiger partial charge >= 0.3 is 0 Å². The summed E-state index contributed by atoms with van der Waals surface area (Å²) in [5.74, 6) is 0.461. The van der Waals surface area contributed by atoms with Crippen molar-refractivity contribution in [2.75, 3.05) is 13.1 Å². The third kappa shape index (κ3) is 5.57. The van der Waals surface area contributed by atoms with Crippen molar-refractivity contribution in [3.05, 3.63) is 88.1 Å². The first kappa shape index (κ1) is 21.2. The number of likely N-dealkylation sites (tertiary alicyclic amines) is 1. The molecule has 0 atom stereocenters. The highest BCUT2D eigenvalue weighted by Gasteiger charge is 2.22. The molecular formula is C24H22ClFN4O. The molecule has 7 heteroatoms. The van der Waals surface area contributed by atoms with Crippen LogP contribution in [0.1, 0.15) is 41.4 Å². The van der Waals surface area contributed by atoms with Crippen molar-refractivity contribution in [3.63, 3.8) is 0 Å². The summed E-state index contributed by atoms with van der Waals surface area (Å²) in [5, 5.41) is 9.37. The van der Waals surface area contributed by atoms with Gasteiger partial charge in [0.15, 0.2) is 0 Å². The van der Waals surface area contributed by atoms with Crippen LogP contribution in [0, 0.1) is 17.1 Å². The highest BCUT2D eigenvalue weighted by atomic mass is 35.5. The van der Waals surface area contributed by atoms with Gasteiger partial charge in [-0.2, -0.15) is 5.26 Å². The van der Waals surface area contributed by atoms with Crippen molar-refractivity contribution in [3.8, 4) is 11.9 Å². The largest absolute Gasteiger partial charge is 0.473 e. The molecule has 2 aromatic heterocycles. The molecule has 158 valence electrons. The van der Waals surface area contributed by atoms with Gasteiger partial charge in [-0.15, -0.1) is 0 Å². The highest BCUT2D eigenvalue weighted by molar-refractivity contribution is 6.30. The van der Waals surface area contributed by atoms with E-state index in [4.69, 9.17) is 21.6 Å². The Morgan fingerprint density at radius 1 is 1.10 bits per heavy atom. The topological polar surface area (TPSA) is 62.0 Å². The third-order valence-corrected chi connectivity index (χ3v) is 5.68. The standard InChI is InChI=1S/C24H22ClFN4O/c25-19-8-7-18(22(26)13-19)16-31-24-6-2-5-23(29-24)17-9-11-30(12-10-17)15-21-4-1-3-20(14-27)28-21/h1-8,13,17H,9-12,15-16H2. The molecule has 1 aromatic carbocycles. The Morgan fingerprint density at radius 3 is 2.68 bits per heavy atom. The van der Waals surface area contributed by atoms with Gasteiger partial charge in [-0.25, -0.2) is 14.4 Å². The van der Waals surface area contributed by atoms with E-state index in [9.17, 15) is 4.39 Å². The Balaban J connectivity index is 1.33. The molecule has 0 saturated carbocycles. The van der Waals surface area contributed by atoms with Crippen molar-refractivity contribution in [1.82, 2.24) is 14.9 Å². The molecule has 0 spiro atoms. The second-order valence-electron chi connectivity index (χ2n) is 7.60. The fourth-order valence-corrected chi connectivity index (χ4v) is 3.93. The lowest BCUT2D eigenvalue weighted by Crippen LogP contribution is -2.33. The molecule has 0 bridgehead atoms. The normalized spacial score (nSPS) is 14.9. The molecule has 5 nitrogen and oxygen atoms in total. The molecule has 4 rings (SSSR count). The van der Waals surface area contributed by atoms with Gasteiger partial charge in [-0.3, -0.25) is 4.90 Å². The van der Waals surface area contributed by atoms with Crippen LogP contribution in [0.3, 0.4) is 0 Å². The summed E-state index contributed by atoms with van der Waals surface area (Å²) in [5.41, 5.74) is 2.81. The molecule has 0 unspecified atom stereocenters. The zero-order chi connectivity index (χ0) is 21.6. The van der Waals surface area contributed by atoms with Gasteiger partial charge in [0.05, 0.1) is 5.69 Å². The van der Waals surface area contributed by atoms with E-state index in [-0.39, 0.29) is 12.4 Å². The smallest absolute Gasteiger partial charge is 0.213 e. The lowest BCUT2D eigenvalue weighted by molar-refractivity contribution is 0.200. The molecule has 1 fully saturated rings. The first-order valence-electron chi connectivity index (χ1n) is 10.2. The quantitative estimate of drug-likeness (QED) is 0.538. The summed E-state index contributed by atoms with van der Waals surface area (Å²) in [6.07, 6.45) is 1.97. The number of aromatic nitrogens is 2. The fourth-order valence-electron chi connectivity index (χ4n) is 3.77. The third-order valence-electron chi connectivity index (χ3n) is 5.45. The minimum Gasteiger partial charge on any atom is -0.473 e. The van der Waals surface area contributed by atoms with Crippen molar-refractivity contribution < 1.29 is 9.13 Å². The molecule has 0 radical (unpaired) electrons. The van der Waals surface area contributed by atoms with Gasteiger partial charge in [0.25, 0.3) is 0 Å². The number of benzene rings is 1. The number of halogens is 2. The van der Waals surface area contributed by atoms with Crippen LogP contribution >= 0.6 is 11.6 Å². The fraction of sp³-hybridized carbons (Fsp3) is 0.292. The van der Waals surface area contributed by atoms with Crippen LogP contribution in [0.4, 0.5) is 4.39 Å². The van der Waals surface area contributed by atoms with Crippen molar-refractivity contribution in [2.45, 2.75) is 31.9 Å². The summed E-state index contributed by atoms with van der Waals surface area (Å²) in [6, 6.07) is 17.9. The van der Waals surface area contributed by atoms with Gasteiger partial charge in [0.1, 0.15) is 24.2 Å². The van der Waals surface area contributed by atoms with E-state index in [1.54, 1.807) is 24.3 Å². The SMILES string of the molecule is N#Cc1cccc(CN2CCC(c3cccc(OCc4ccc(Cl)cc4F)n3)CC2)n1. The molecule has 31 heavy (non-hydrogen) atoms. The maximum Gasteiger partial charge on any atom is 0.213 e.